The lowest BCUT2D eigenvalue weighted by atomic mass is 9.84. The van der Waals surface area contributed by atoms with Crippen molar-refractivity contribution in [2.45, 2.75) is 223 Å². The molecule has 524 valence electrons. The van der Waals surface area contributed by atoms with Gasteiger partial charge in [-0.25, -0.2) is 0 Å². The number of benzene rings is 7. The molecule has 0 radical (unpaired) electrons. The maximum absolute atomic E-state index is 11.3. The molecule has 0 unspecified atom stereocenters. The summed E-state index contributed by atoms with van der Waals surface area (Å²) in [5.41, 5.74) is 23.8. The van der Waals surface area contributed by atoms with E-state index in [4.69, 9.17) is 23.2 Å². The molecular formula is C83H104Cl2N10O4. The fraction of sp³-hybridized carbons (Fsp3) is 0.410. The number of aryl methyl sites for hydroxylation is 2. The van der Waals surface area contributed by atoms with Gasteiger partial charge in [0.1, 0.15) is 0 Å². The minimum absolute atomic E-state index is 0.0259. The SMILES string of the molecule is CC(C)(C)c1cc(Cl)c2[nH]ncc2c1.CC(C)(C)c1cc(Cl)c2c(c1)CC(=O)N2.CC(C)(C)c1ccc2[nH]ncc2c1.CC(C)(C)c1ccc2c(c1)CC(=O)N2.CC(C)(C)c1ccc2c(c1)CC(=O)N2.Cc1cc(C(C)(C)C)cc2c1NC(=O)C2.Cc1cc(C(C)(C)C)cc2cn[nH]c12. The van der Waals surface area contributed by atoms with Gasteiger partial charge in [-0.15, -0.1) is 0 Å². The number of fused-ring (bicyclic) bond motifs is 7. The maximum Gasteiger partial charge on any atom is 0.228 e. The van der Waals surface area contributed by atoms with Crippen molar-refractivity contribution in [3.63, 3.8) is 0 Å². The fourth-order valence-corrected chi connectivity index (χ4v) is 12.2. The summed E-state index contributed by atoms with van der Waals surface area (Å²) in [4.78, 5) is 44.8. The molecule has 4 aliphatic heterocycles. The van der Waals surface area contributed by atoms with Crippen LogP contribution in [0.25, 0.3) is 32.7 Å². The number of aromatic nitrogens is 6. The number of H-pyrrole nitrogens is 3. The van der Waals surface area contributed by atoms with E-state index in [0.717, 1.165) is 72.0 Å². The van der Waals surface area contributed by atoms with E-state index < -0.39 is 0 Å². The number of rotatable bonds is 0. The van der Waals surface area contributed by atoms with Crippen LogP contribution >= 0.6 is 23.2 Å². The molecule has 7 N–H and O–H groups in total. The summed E-state index contributed by atoms with van der Waals surface area (Å²) in [5, 5.41) is 37.1. The van der Waals surface area contributed by atoms with Crippen LogP contribution in [0.1, 0.15) is 218 Å². The molecule has 0 atom stereocenters. The highest BCUT2D eigenvalue weighted by atomic mass is 35.5. The molecule has 99 heavy (non-hydrogen) atoms. The zero-order valence-corrected chi connectivity index (χ0v) is 64.1. The molecule has 4 aliphatic rings. The summed E-state index contributed by atoms with van der Waals surface area (Å²) in [7, 11) is 0. The van der Waals surface area contributed by atoms with Crippen molar-refractivity contribution in [3.8, 4) is 0 Å². The van der Waals surface area contributed by atoms with Gasteiger partial charge < -0.3 is 21.3 Å². The molecule has 10 aromatic rings. The Hall–Kier alpha value is -8.59. The number of nitrogens with one attached hydrogen (secondary N) is 7. The lowest BCUT2D eigenvalue weighted by molar-refractivity contribution is -0.115. The number of nitrogens with zero attached hydrogens (tertiary/aromatic N) is 3. The third kappa shape index (κ3) is 19.7. The largest absolute Gasteiger partial charge is 0.326 e. The lowest BCUT2D eigenvalue weighted by Gasteiger charge is -2.21. The van der Waals surface area contributed by atoms with Gasteiger partial charge in [-0.1, -0.05) is 223 Å². The van der Waals surface area contributed by atoms with Crippen LogP contribution in [-0.2, 0) is 82.8 Å². The number of amides is 4. The smallest absolute Gasteiger partial charge is 0.228 e. The molecular weight excluding hydrogens is 1270 g/mol. The van der Waals surface area contributed by atoms with Crippen LogP contribution in [0.15, 0.2) is 122 Å². The van der Waals surface area contributed by atoms with Crippen LogP contribution in [0.5, 0.6) is 0 Å². The highest BCUT2D eigenvalue weighted by molar-refractivity contribution is 6.35. The van der Waals surface area contributed by atoms with Gasteiger partial charge in [0.05, 0.1) is 76.6 Å². The molecule has 0 aliphatic carbocycles. The van der Waals surface area contributed by atoms with Gasteiger partial charge in [-0.2, -0.15) is 15.3 Å². The highest BCUT2D eigenvalue weighted by Gasteiger charge is 2.28. The molecule has 7 aromatic carbocycles. The molecule has 0 saturated heterocycles. The average Bonchev–Trinajstić information content (AvgIpc) is 1.75. The van der Waals surface area contributed by atoms with E-state index in [0.29, 0.717) is 30.7 Å². The van der Waals surface area contributed by atoms with Crippen LogP contribution in [0.4, 0.5) is 22.7 Å². The third-order valence-electron chi connectivity index (χ3n) is 18.0. The Morgan fingerprint density at radius 2 is 0.636 bits per heavy atom. The monoisotopic (exact) mass is 1370 g/mol. The van der Waals surface area contributed by atoms with Crippen molar-refractivity contribution < 1.29 is 19.2 Å². The Labute approximate surface area is 596 Å². The number of aromatic amines is 3. The van der Waals surface area contributed by atoms with E-state index in [-0.39, 0.29) is 61.5 Å². The first kappa shape index (κ1) is 76.2. The second kappa shape index (κ2) is 29.3. The summed E-state index contributed by atoms with van der Waals surface area (Å²) in [6, 6.07) is 35.8. The summed E-state index contributed by atoms with van der Waals surface area (Å²) in [5.74, 6) is 0.342. The van der Waals surface area contributed by atoms with E-state index in [1.54, 1.807) is 6.20 Å². The number of hydrogen-bond acceptors (Lipinski definition) is 7. The summed E-state index contributed by atoms with van der Waals surface area (Å²) >= 11 is 12.3. The number of carbonyl (C=O) groups is 4. The van der Waals surface area contributed by atoms with Crippen molar-refractivity contribution in [1.29, 1.82) is 0 Å². The Morgan fingerprint density at radius 3 is 1.12 bits per heavy atom. The summed E-state index contributed by atoms with van der Waals surface area (Å²) < 4.78 is 0. The quantitative estimate of drug-likeness (QED) is 0.0782. The maximum atomic E-state index is 11.3. The second-order valence-corrected chi connectivity index (χ2v) is 34.6. The topological polar surface area (TPSA) is 202 Å². The Balaban J connectivity index is 0.000000147. The number of carbonyl (C=O) groups excluding carboxylic acids is 4. The van der Waals surface area contributed by atoms with Gasteiger partial charge in [0.25, 0.3) is 0 Å². The average molecular weight is 1380 g/mol. The van der Waals surface area contributed by atoms with Crippen molar-refractivity contribution in [2.24, 2.45) is 0 Å². The van der Waals surface area contributed by atoms with Crippen LogP contribution in [0.2, 0.25) is 10.0 Å². The van der Waals surface area contributed by atoms with Gasteiger partial charge >= 0.3 is 0 Å². The molecule has 3 aromatic heterocycles. The van der Waals surface area contributed by atoms with Crippen molar-refractivity contribution >= 4 is 102 Å². The van der Waals surface area contributed by atoms with E-state index in [2.05, 4.69) is 290 Å². The Kier molecular flexibility index (Phi) is 22.6. The van der Waals surface area contributed by atoms with Crippen LogP contribution < -0.4 is 21.3 Å². The first-order chi connectivity index (χ1) is 45.7. The zero-order valence-electron chi connectivity index (χ0n) is 62.6. The van der Waals surface area contributed by atoms with Crippen LogP contribution in [0.3, 0.4) is 0 Å². The van der Waals surface area contributed by atoms with E-state index in [1.807, 2.05) is 36.7 Å². The summed E-state index contributed by atoms with van der Waals surface area (Å²) in [6.45, 7) is 50.1. The van der Waals surface area contributed by atoms with Gasteiger partial charge in [0, 0.05) is 33.2 Å². The molecule has 16 heteroatoms. The number of hydrogen-bond donors (Lipinski definition) is 7. The van der Waals surface area contributed by atoms with Gasteiger partial charge in [-0.3, -0.25) is 34.5 Å². The fourth-order valence-electron chi connectivity index (χ4n) is 11.6. The van der Waals surface area contributed by atoms with E-state index >= 15 is 0 Å². The molecule has 14 rings (SSSR count). The molecule has 0 spiro atoms. The van der Waals surface area contributed by atoms with E-state index in [9.17, 15) is 19.2 Å². The predicted octanol–water partition coefficient (Wildman–Crippen LogP) is 20.4. The standard InChI is InChI=1S/C13H17NO.C12H14ClNO.C12H16N2.2C12H15NO.C11H13ClN2.C11H14N2/c1-8-5-10(13(2,3)4)6-9-7-11(15)14-12(8)9;1-12(2,3)8-4-7-5-10(15)14-11(7)9(13)6-8;1-8-5-10(12(2,3)4)6-9-7-13-14-11(8)9;2*1-12(2,3)9-4-5-10-8(6-9)7-11(14)13-10;1-11(2,3)8-4-7-6-13-14-10(7)9(12)5-8;1-11(2,3)9-4-5-10-8(6-9)7-12-13-10/h5-6H,7H2,1-4H3,(H,14,15);4,6H,5H2,1-3H3,(H,14,15);5-7H,1-4H3,(H,13,14);2*4-6H,7H2,1-3H3,(H,13,14);4-6H,1-3H3,(H,13,14);4-7H,1-3H3,(H,12,13). The molecule has 14 nitrogen and oxygen atoms in total. The zero-order chi connectivity index (χ0) is 73.3. The molecule has 4 amide bonds. The van der Waals surface area contributed by atoms with Crippen molar-refractivity contribution in [2.75, 3.05) is 21.3 Å². The van der Waals surface area contributed by atoms with Crippen molar-refractivity contribution in [1.82, 2.24) is 30.6 Å². The first-order valence-corrected chi connectivity index (χ1v) is 34.9. The van der Waals surface area contributed by atoms with Crippen LogP contribution in [-0.4, -0.2) is 54.2 Å². The van der Waals surface area contributed by atoms with Crippen molar-refractivity contribution in [3.05, 3.63) is 204 Å². The lowest BCUT2D eigenvalue weighted by Crippen LogP contribution is -2.11. The number of anilines is 4. The first-order valence-electron chi connectivity index (χ1n) is 34.2. The molecule has 0 bridgehead atoms. The minimum Gasteiger partial charge on any atom is -0.326 e. The molecule has 7 heterocycles. The summed E-state index contributed by atoms with van der Waals surface area (Å²) in [6.07, 6.45) is 7.58. The third-order valence-corrected chi connectivity index (χ3v) is 18.6. The molecule has 0 saturated carbocycles. The van der Waals surface area contributed by atoms with E-state index in [1.165, 1.54) is 60.8 Å². The van der Waals surface area contributed by atoms with Gasteiger partial charge in [-0.05, 0) is 173 Å². The Morgan fingerprint density at radius 1 is 0.313 bits per heavy atom. The van der Waals surface area contributed by atoms with Gasteiger partial charge in [0.15, 0.2) is 0 Å². The second-order valence-electron chi connectivity index (χ2n) is 33.8. The highest BCUT2D eigenvalue weighted by Crippen LogP contribution is 2.39. The Bertz CT molecular complexity index is 4380. The number of halogens is 2. The normalized spacial score (nSPS) is 13.9. The minimum atomic E-state index is 0.0259. The van der Waals surface area contributed by atoms with Crippen LogP contribution in [0, 0.1) is 13.8 Å². The predicted molar refractivity (Wildman–Crippen MR) is 414 cm³/mol. The molecule has 0 fully saturated rings. The van der Waals surface area contributed by atoms with Gasteiger partial charge in [0.2, 0.25) is 23.6 Å².